The number of carbonyl (C=O) groups is 1. The maximum absolute atomic E-state index is 13.2. The standard InChI is InChI=1S/C22H15FO2/c23-17-12-10-15(11-13-17)14-19-21(24)18-8-4-5-9-20(18)25-22(19)16-6-2-1-3-7-16/h1-14,22H/b19-14+. The molecule has 3 aromatic rings. The zero-order chi connectivity index (χ0) is 17.2. The Bertz CT molecular complexity index is 943. The SMILES string of the molecule is O=C1/C(=C\c2ccc(F)cc2)C(c2ccccc2)Oc2ccccc21. The Kier molecular flexibility index (Phi) is 3.90. The van der Waals surface area contributed by atoms with E-state index in [0.29, 0.717) is 16.9 Å². The van der Waals surface area contributed by atoms with E-state index in [4.69, 9.17) is 4.74 Å². The van der Waals surface area contributed by atoms with Gasteiger partial charge in [0.1, 0.15) is 11.6 Å². The van der Waals surface area contributed by atoms with Crippen LogP contribution in [0.4, 0.5) is 4.39 Å². The highest BCUT2D eigenvalue weighted by Gasteiger charge is 2.32. The summed E-state index contributed by atoms with van der Waals surface area (Å²) < 4.78 is 19.3. The summed E-state index contributed by atoms with van der Waals surface area (Å²) in [5.74, 6) is 0.205. The van der Waals surface area contributed by atoms with Gasteiger partial charge in [-0.15, -0.1) is 0 Å². The van der Waals surface area contributed by atoms with E-state index in [1.165, 1.54) is 12.1 Å². The van der Waals surface area contributed by atoms with E-state index >= 15 is 0 Å². The highest BCUT2D eigenvalue weighted by molar-refractivity contribution is 6.14. The fraction of sp³-hybridized carbons (Fsp3) is 0.0455. The van der Waals surface area contributed by atoms with E-state index in [9.17, 15) is 9.18 Å². The minimum Gasteiger partial charge on any atom is -0.480 e. The third kappa shape index (κ3) is 2.96. The van der Waals surface area contributed by atoms with Crippen LogP contribution in [-0.4, -0.2) is 5.78 Å². The van der Waals surface area contributed by atoms with Crippen molar-refractivity contribution in [3.8, 4) is 5.75 Å². The van der Waals surface area contributed by atoms with Crippen molar-refractivity contribution in [2.75, 3.05) is 0 Å². The molecule has 122 valence electrons. The van der Waals surface area contributed by atoms with Crippen molar-refractivity contribution in [1.29, 1.82) is 0 Å². The molecule has 3 heteroatoms. The molecule has 0 fully saturated rings. The molecule has 1 atom stereocenters. The largest absolute Gasteiger partial charge is 0.480 e. The molecule has 0 saturated heterocycles. The van der Waals surface area contributed by atoms with Crippen molar-refractivity contribution in [3.05, 3.63) is 107 Å². The Morgan fingerprint density at radius 2 is 1.52 bits per heavy atom. The molecule has 0 amide bonds. The van der Waals surface area contributed by atoms with Gasteiger partial charge in [0, 0.05) is 5.57 Å². The van der Waals surface area contributed by atoms with E-state index in [0.717, 1.165) is 11.1 Å². The van der Waals surface area contributed by atoms with Crippen molar-refractivity contribution in [1.82, 2.24) is 0 Å². The van der Waals surface area contributed by atoms with Gasteiger partial charge in [0.2, 0.25) is 0 Å². The molecule has 0 bridgehead atoms. The van der Waals surface area contributed by atoms with Crippen LogP contribution in [0, 0.1) is 5.82 Å². The lowest BCUT2D eigenvalue weighted by atomic mass is 9.89. The fourth-order valence-electron chi connectivity index (χ4n) is 2.98. The Balaban J connectivity index is 1.85. The van der Waals surface area contributed by atoms with Crippen LogP contribution in [0.2, 0.25) is 0 Å². The van der Waals surface area contributed by atoms with Crippen LogP contribution in [0.3, 0.4) is 0 Å². The number of Topliss-reactive ketones (excluding diaryl/α,β-unsaturated/α-hetero) is 1. The zero-order valence-corrected chi connectivity index (χ0v) is 13.4. The first kappa shape index (κ1) is 15.3. The molecule has 25 heavy (non-hydrogen) atoms. The van der Waals surface area contributed by atoms with Gasteiger partial charge in [-0.05, 0) is 41.5 Å². The van der Waals surface area contributed by atoms with E-state index in [1.807, 2.05) is 42.5 Å². The quantitative estimate of drug-likeness (QED) is 0.602. The second-order valence-corrected chi connectivity index (χ2v) is 5.89. The maximum Gasteiger partial charge on any atom is 0.196 e. The van der Waals surface area contributed by atoms with E-state index in [-0.39, 0.29) is 11.6 Å². The number of fused-ring (bicyclic) bond motifs is 1. The predicted molar refractivity (Wildman–Crippen MR) is 95.0 cm³/mol. The van der Waals surface area contributed by atoms with Gasteiger partial charge in [0.05, 0.1) is 5.56 Å². The fourth-order valence-corrected chi connectivity index (χ4v) is 2.98. The van der Waals surface area contributed by atoms with Gasteiger partial charge in [-0.1, -0.05) is 54.6 Å². The summed E-state index contributed by atoms with van der Waals surface area (Å²) in [4.78, 5) is 13.0. The zero-order valence-electron chi connectivity index (χ0n) is 13.4. The third-order valence-electron chi connectivity index (χ3n) is 4.22. The summed E-state index contributed by atoms with van der Waals surface area (Å²) >= 11 is 0. The average Bonchev–Trinajstić information content (AvgIpc) is 2.66. The summed E-state index contributed by atoms with van der Waals surface area (Å²) in [6.45, 7) is 0. The van der Waals surface area contributed by atoms with Crippen LogP contribution < -0.4 is 4.74 Å². The van der Waals surface area contributed by atoms with Crippen molar-refractivity contribution in [2.45, 2.75) is 6.10 Å². The van der Waals surface area contributed by atoms with E-state index < -0.39 is 6.10 Å². The maximum atomic E-state index is 13.2. The number of rotatable bonds is 2. The van der Waals surface area contributed by atoms with Gasteiger partial charge >= 0.3 is 0 Å². The molecule has 0 spiro atoms. The topological polar surface area (TPSA) is 26.3 Å². The third-order valence-corrected chi connectivity index (χ3v) is 4.22. The first-order valence-corrected chi connectivity index (χ1v) is 8.05. The number of hydrogen-bond donors (Lipinski definition) is 0. The molecule has 1 aliphatic rings. The number of benzene rings is 3. The lowest BCUT2D eigenvalue weighted by Crippen LogP contribution is -2.23. The van der Waals surface area contributed by atoms with Crippen LogP contribution in [0.1, 0.15) is 27.6 Å². The van der Waals surface area contributed by atoms with Gasteiger partial charge in [0.25, 0.3) is 0 Å². The molecule has 4 rings (SSSR count). The molecular formula is C22H15FO2. The molecular weight excluding hydrogens is 315 g/mol. The highest BCUT2D eigenvalue weighted by atomic mass is 19.1. The molecule has 0 saturated carbocycles. The average molecular weight is 330 g/mol. The van der Waals surface area contributed by atoms with E-state index in [2.05, 4.69) is 0 Å². The van der Waals surface area contributed by atoms with Crippen molar-refractivity contribution in [3.63, 3.8) is 0 Å². The lowest BCUT2D eigenvalue weighted by molar-refractivity contribution is 0.0963. The summed E-state index contributed by atoms with van der Waals surface area (Å²) in [6.07, 6.45) is 1.28. The lowest BCUT2D eigenvalue weighted by Gasteiger charge is -2.28. The van der Waals surface area contributed by atoms with Crippen molar-refractivity contribution >= 4 is 11.9 Å². The van der Waals surface area contributed by atoms with Crippen LogP contribution in [0.25, 0.3) is 6.08 Å². The second kappa shape index (κ2) is 6.36. The molecule has 3 aromatic carbocycles. The Morgan fingerprint density at radius 3 is 2.28 bits per heavy atom. The number of para-hydroxylation sites is 1. The normalized spacial score (nSPS) is 17.9. The van der Waals surface area contributed by atoms with Gasteiger partial charge in [0.15, 0.2) is 11.9 Å². The summed E-state index contributed by atoms with van der Waals surface area (Å²) in [6, 6.07) is 22.9. The van der Waals surface area contributed by atoms with Gasteiger partial charge in [-0.25, -0.2) is 4.39 Å². The van der Waals surface area contributed by atoms with Crippen molar-refractivity contribution in [2.24, 2.45) is 0 Å². The van der Waals surface area contributed by atoms with Gasteiger partial charge < -0.3 is 4.74 Å². The minimum absolute atomic E-state index is 0.0694. The smallest absolute Gasteiger partial charge is 0.196 e. The van der Waals surface area contributed by atoms with E-state index in [1.54, 1.807) is 30.3 Å². The highest BCUT2D eigenvalue weighted by Crippen LogP contribution is 2.39. The molecule has 2 nitrogen and oxygen atoms in total. The first-order chi connectivity index (χ1) is 12.2. The molecule has 1 unspecified atom stereocenters. The number of hydrogen-bond acceptors (Lipinski definition) is 2. The van der Waals surface area contributed by atoms with Gasteiger partial charge in [-0.2, -0.15) is 0 Å². The second-order valence-electron chi connectivity index (χ2n) is 5.89. The molecule has 0 aromatic heterocycles. The Hall–Kier alpha value is -3.20. The van der Waals surface area contributed by atoms with Crippen LogP contribution >= 0.6 is 0 Å². The van der Waals surface area contributed by atoms with Crippen LogP contribution in [0.5, 0.6) is 5.75 Å². The van der Waals surface area contributed by atoms with Gasteiger partial charge in [-0.3, -0.25) is 4.79 Å². The number of carbonyl (C=O) groups excluding carboxylic acids is 1. The summed E-state index contributed by atoms with van der Waals surface area (Å²) in [7, 11) is 0. The summed E-state index contributed by atoms with van der Waals surface area (Å²) in [5, 5.41) is 0. The van der Waals surface area contributed by atoms with Crippen LogP contribution in [-0.2, 0) is 0 Å². The molecule has 1 aliphatic heterocycles. The molecule has 1 heterocycles. The number of ketones is 1. The molecule has 0 aliphatic carbocycles. The Labute approximate surface area is 145 Å². The number of ether oxygens (including phenoxy) is 1. The Morgan fingerprint density at radius 1 is 0.840 bits per heavy atom. The monoisotopic (exact) mass is 330 g/mol. The first-order valence-electron chi connectivity index (χ1n) is 8.05. The minimum atomic E-state index is -0.492. The van der Waals surface area contributed by atoms with Crippen molar-refractivity contribution < 1.29 is 13.9 Å². The predicted octanol–water partition coefficient (Wildman–Crippen LogP) is 5.23. The van der Waals surface area contributed by atoms with Crippen LogP contribution in [0.15, 0.2) is 84.4 Å². The molecule has 0 radical (unpaired) electrons. The number of halogens is 1. The summed E-state index contributed by atoms with van der Waals surface area (Å²) in [5.41, 5.74) is 2.74. The molecule has 0 N–H and O–H groups in total.